The summed E-state index contributed by atoms with van der Waals surface area (Å²) in [6, 6.07) is 11.1. The molecule has 2 aromatic rings. The van der Waals surface area contributed by atoms with Crippen LogP contribution in [0, 0.1) is 5.82 Å². The summed E-state index contributed by atoms with van der Waals surface area (Å²) in [5.41, 5.74) is 0. The number of thiophene rings is 1. The smallest absolute Gasteiger partial charge is 0.191 e. The molecule has 0 radical (unpaired) electrons. The SMILES string of the molecule is CN=C(NCC(C)Oc1ccccc1F)NC1CCN(c2cccs2)CC1. The molecule has 1 saturated heterocycles. The lowest BCUT2D eigenvalue weighted by atomic mass is 10.1. The van der Waals surface area contributed by atoms with Gasteiger partial charge in [-0.15, -0.1) is 11.3 Å². The predicted molar refractivity (Wildman–Crippen MR) is 111 cm³/mol. The van der Waals surface area contributed by atoms with Gasteiger partial charge in [-0.2, -0.15) is 0 Å². The lowest BCUT2D eigenvalue weighted by molar-refractivity contribution is 0.214. The molecule has 5 nitrogen and oxygen atoms in total. The van der Waals surface area contributed by atoms with Gasteiger partial charge < -0.3 is 20.3 Å². The highest BCUT2D eigenvalue weighted by Gasteiger charge is 2.21. The fourth-order valence-corrected chi connectivity index (χ4v) is 3.91. The summed E-state index contributed by atoms with van der Waals surface area (Å²) in [7, 11) is 1.76. The number of hydrogen-bond donors (Lipinski definition) is 2. The molecular formula is C20H27FN4OS. The number of guanidine groups is 1. The number of aliphatic imine (C=N–C) groups is 1. The lowest BCUT2D eigenvalue weighted by Gasteiger charge is -2.33. The average Bonchev–Trinajstić information content (AvgIpc) is 3.22. The van der Waals surface area contributed by atoms with Crippen molar-refractivity contribution in [3.05, 3.63) is 47.6 Å². The number of anilines is 1. The summed E-state index contributed by atoms with van der Waals surface area (Å²) in [5.74, 6) is 0.689. The van der Waals surface area contributed by atoms with Crippen molar-refractivity contribution in [2.24, 2.45) is 4.99 Å². The summed E-state index contributed by atoms with van der Waals surface area (Å²) in [5, 5.41) is 10.2. The van der Waals surface area contributed by atoms with Crippen LogP contribution in [0.15, 0.2) is 46.8 Å². The Hall–Kier alpha value is -2.28. The van der Waals surface area contributed by atoms with Crippen LogP contribution in [0.4, 0.5) is 9.39 Å². The minimum Gasteiger partial charge on any atom is -0.486 e. The third kappa shape index (κ3) is 5.60. The topological polar surface area (TPSA) is 48.9 Å². The first-order valence-electron chi connectivity index (χ1n) is 9.32. The molecule has 146 valence electrons. The van der Waals surface area contributed by atoms with Gasteiger partial charge in [-0.25, -0.2) is 4.39 Å². The molecule has 0 bridgehead atoms. The maximum Gasteiger partial charge on any atom is 0.191 e. The largest absolute Gasteiger partial charge is 0.486 e. The maximum absolute atomic E-state index is 13.7. The van der Waals surface area contributed by atoms with Crippen molar-refractivity contribution in [3.63, 3.8) is 0 Å². The number of halogens is 1. The number of rotatable bonds is 6. The first-order valence-corrected chi connectivity index (χ1v) is 10.2. The first kappa shape index (κ1) is 19.5. The zero-order chi connectivity index (χ0) is 19.1. The Morgan fingerprint density at radius 3 is 2.74 bits per heavy atom. The second-order valence-corrected chi connectivity index (χ2v) is 7.60. The second-order valence-electron chi connectivity index (χ2n) is 6.67. The standard InChI is InChI=1S/C20H27FN4OS/c1-15(26-18-7-4-3-6-17(18)21)14-23-20(22-2)24-16-9-11-25(12-10-16)19-8-5-13-27-19/h3-8,13,15-16H,9-12,14H2,1-2H3,(H2,22,23,24). The monoisotopic (exact) mass is 390 g/mol. The molecule has 1 atom stereocenters. The molecule has 1 aromatic carbocycles. The van der Waals surface area contributed by atoms with Gasteiger partial charge in [-0.05, 0) is 49.4 Å². The van der Waals surface area contributed by atoms with E-state index in [2.05, 4.69) is 38.0 Å². The number of nitrogens with one attached hydrogen (secondary N) is 2. The highest BCUT2D eigenvalue weighted by atomic mass is 32.1. The molecule has 1 aliphatic heterocycles. The van der Waals surface area contributed by atoms with Crippen molar-refractivity contribution in [3.8, 4) is 5.75 Å². The molecule has 27 heavy (non-hydrogen) atoms. The molecule has 0 spiro atoms. The van der Waals surface area contributed by atoms with Crippen molar-refractivity contribution in [2.75, 3.05) is 31.6 Å². The third-order valence-electron chi connectivity index (χ3n) is 4.60. The van der Waals surface area contributed by atoms with Gasteiger partial charge in [0.2, 0.25) is 0 Å². The minimum absolute atomic E-state index is 0.180. The Kier molecular flexibility index (Phi) is 6.92. The maximum atomic E-state index is 13.7. The second kappa shape index (κ2) is 9.60. The quantitative estimate of drug-likeness (QED) is 0.586. The van der Waals surface area contributed by atoms with Crippen molar-refractivity contribution < 1.29 is 9.13 Å². The fourth-order valence-electron chi connectivity index (χ4n) is 3.12. The Bertz CT molecular complexity index is 729. The van der Waals surface area contributed by atoms with Gasteiger partial charge in [0.05, 0.1) is 11.5 Å². The molecule has 7 heteroatoms. The molecule has 2 N–H and O–H groups in total. The van der Waals surface area contributed by atoms with Crippen molar-refractivity contribution in [1.82, 2.24) is 10.6 Å². The van der Waals surface area contributed by atoms with Gasteiger partial charge in [-0.1, -0.05) is 12.1 Å². The van der Waals surface area contributed by atoms with Crippen LogP contribution < -0.4 is 20.3 Å². The van der Waals surface area contributed by atoms with E-state index >= 15 is 0 Å². The van der Waals surface area contributed by atoms with Crippen LogP contribution >= 0.6 is 11.3 Å². The van der Waals surface area contributed by atoms with Crippen molar-refractivity contribution >= 4 is 22.3 Å². The summed E-state index contributed by atoms with van der Waals surface area (Å²) in [4.78, 5) is 6.73. The molecule has 1 fully saturated rings. The van der Waals surface area contributed by atoms with Crippen LogP contribution in [0.5, 0.6) is 5.75 Å². The molecule has 2 heterocycles. The Labute approximate surface area is 164 Å². The molecule has 1 aromatic heterocycles. The van der Waals surface area contributed by atoms with Gasteiger partial charge in [0.15, 0.2) is 17.5 Å². The summed E-state index contributed by atoms with van der Waals surface area (Å²) in [6.07, 6.45) is 1.96. The number of nitrogens with zero attached hydrogens (tertiary/aromatic N) is 2. The number of para-hydroxylation sites is 1. The number of hydrogen-bond acceptors (Lipinski definition) is 4. The molecule has 1 aliphatic rings. The number of benzene rings is 1. The van der Waals surface area contributed by atoms with E-state index in [9.17, 15) is 4.39 Å². The first-order chi connectivity index (χ1) is 13.2. The highest BCUT2D eigenvalue weighted by molar-refractivity contribution is 7.14. The van der Waals surface area contributed by atoms with E-state index in [0.717, 1.165) is 31.9 Å². The van der Waals surface area contributed by atoms with Gasteiger partial charge in [-0.3, -0.25) is 4.99 Å². The van der Waals surface area contributed by atoms with E-state index < -0.39 is 0 Å². The lowest BCUT2D eigenvalue weighted by Crippen LogP contribution is -2.50. The van der Waals surface area contributed by atoms with Gasteiger partial charge >= 0.3 is 0 Å². The van der Waals surface area contributed by atoms with Crippen molar-refractivity contribution in [2.45, 2.75) is 31.9 Å². The Morgan fingerprint density at radius 2 is 2.07 bits per heavy atom. The van der Waals surface area contributed by atoms with E-state index in [0.29, 0.717) is 12.6 Å². The van der Waals surface area contributed by atoms with Crippen LogP contribution in [-0.2, 0) is 0 Å². The van der Waals surface area contributed by atoms with E-state index in [-0.39, 0.29) is 17.7 Å². The highest BCUT2D eigenvalue weighted by Crippen LogP contribution is 2.24. The number of ether oxygens (including phenoxy) is 1. The molecule has 1 unspecified atom stereocenters. The molecule has 0 aliphatic carbocycles. The summed E-state index contributed by atoms with van der Waals surface area (Å²) in [6.45, 7) is 4.54. The van der Waals surface area contributed by atoms with E-state index in [1.165, 1.54) is 11.1 Å². The van der Waals surface area contributed by atoms with Crippen molar-refractivity contribution in [1.29, 1.82) is 0 Å². The normalized spacial score (nSPS) is 16.9. The zero-order valence-corrected chi connectivity index (χ0v) is 16.6. The molecular weight excluding hydrogens is 363 g/mol. The predicted octanol–water partition coefficient (Wildman–Crippen LogP) is 3.49. The molecule has 0 amide bonds. The van der Waals surface area contributed by atoms with Crippen LogP contribution in [0.2, 0.25) is 0 Å². The third-order valence-corrected chi connectivity index (χ3v) is 5.53. The fraction of sp³-hybridized carbons (Fsp3) is 0.450. The van der Waals surface area contributed by atoms with E-state index in [1.54, 1.807) is 36.6 Å². The van der Waals surface area contributed by atoms with Crippen LogP contribution in [0.25, 0.3) is 0 Å². The van der Waals surface area contributed by atoms with E-state index in [4.69, 9.17) is 4.74 Å². The number of piperidine rings is 1. The molecule has 3 rings (SSSR count). The Morgan fingerprint density at radius 1 is 1.30 bits per heavy atom. The zero-order valence-electron chi connectivity index (χ0n) is 15.8. The average molecular weight is 391 g/mol. The van der Waals surface area contributed by atoms with E-state index in [1.807, 2.05) is 6.92 Å². The van der Waals surface area contributed by atoms with Crippen LogP contribution in [0.3, 0.4) is 0 Å². The minimum atomic E-state index is -0.343. The van der Waals surface area contributed by atoms with Crippen LogP contribution in [0.1, 0.15) is 19.8 Å². The van der Waals surface area contributed by atoms with Gasteiger partial charge in [0, 0.05) is 26.2 Å². The summed E-state index contributed by atoms with van der Waals surface area (Å²) >= 11 is 1.79. The van der Waals surface area contributed by atoms with Crippen LogP contribution in [-0.4, -0.2) is 44.8 Å². The molecule has 0 saturated carbocycles. The summed E-state index contributed by atoms with van der Waals surface area (Å²) < 4.78 is 19.3. The Balaban J connectivity index is 1.41. The van der Waals surface area contributed by atoms with Gasteiger partial charge in [0.1, 0.15) is 6.10 Å². The van der Waals surface area contributed by atoms with Gasteiger partial charge in [0.25, 0.3) is 0 Å².